The molecule has 1 atom stereocenters. The summed E-state index contributed by atoms with van der Waals surface area (Å²) in [5.41, 5.74) is 9.39. The first-order valence-electron chi connectivity index (χ1n) is 6.00. The van der Waals surface area contributed by atoms with Gasteiger partial charge in [-0.2, -0.15) is 5.26 Å². The number of anilines is 1. The highest BCUT2D eigenvalue weighted by Crippen LogP contribution is 2.24. The van der Waals surface area contributed by atoms with Crippen LogP contribution in [0.2, 0.25) is 5.15 Å². The van der Waals surface area contributed by atoms with Crippen LogP contribution in [0.5, 0.6) is 0 Å². The Kier molecular flexibility index (Phi) is 4.03. The van der Waals surface area contributed by atoms with Crippen molar-refractivity contribution >= 4 is 17.3 Å². The Balaban J connectivity index is 2.18. The van der Waals surface area contributed by atoms with Crippen molar-refractivity contribution in [1.29, 1.82) is 5.26 Å². The summed E-state index contributed by atoms with van der Waals surface area (Å²) in [6.45, 7) is 2.12. The molecule has 96 valence electrons. The molecule has 0 saturated heterocycles. The van der Waals surface area contributed by atoms with Gasteiger partial charge in [0.25, 0.3) is 0 Å². The smallest absolute Gasteiger partial charge is 0.129 e. The third-order valence-corrected chi connectivity index (χ3v) is 3.33. The van der Waals surface area contributed by atoms with E-state index < -0.39 is 0 Å². The Labute approximate surface area is 117 Å². The number of nitrogens with zero attached hydrogens (tertiary/aromatic N) is 2. The zero-order chi connectivity index (χ0) is 13.8. The van der Waals surface area contributed by atoms with Gasteiger partial charge in [-0.05, 0) is 41.7 Å². The number of nitrogens with two attached hydrogens (primary N) is 1. The summed E-state index contributed by atoms with van der Waals surface area (Å²) < 4.78 is 0. The van der Waals surface area contributed by atoms with Gasteiger partial charge in [-0.3, -0.25) is 0 Å². The second-order valence-electron chi connectivity index (χ2n) is 4.54. The third-order valence-electron chi connectivity index (χ3n) is 3.13. The predicted octanol–water partition coefficient (Wildman–Crippen LogP) is 3.54. The van der Waals surface area contributed by atoms with Crippen LogP contribution in [0.25, 0.3) is 0 Å². The molecule has 0 bridgehead atoms. The lowest BCUT2D eigenvalue weighted by Gasteiger charge is -2.13. The van der Waals surface area contributed by atoms with E-state index in [1.165, 1.54) is 5.56 Å². The van der Waals surface area contributed by atoms with Crippen molar-refractivity contribution < 1.29 is 0 Å². The van der Waals surface area contributed by atoms with E-state index >= 15 is 0 Å². The number of halogens is 1. The standard InChI is InChI=1S/C15H14ClN3/c1-10(12-4-2-11(8-17)3-5-12)6-13-7-15(16)19-9-14(13)18/h2-5,7,9-10H,6,18H2,1H3. The van der Waals surface area contributed by atoms with Crippen LogP contribution in [0.15, 0.2) is 36.5 Å². The first-order valence-corrected chi connectivity index (χ1v) is 6.38. The molecule has 0 spiro atoms. The second-order valence-corrected chi connectivity index (χ2v) is 4.93. The molecule has 4 heteroatoms. The van der Waals surface area contributed by atoms with E-state index in [4.69, 9.17) is 22.6 Å². The molecule has 0 aliphatic rings. The fourth-order valence-corrected chi connectivity index (χ4v) is 2.17. The molecule has 1 heterocycles. The minimum absolute atomic E-state index is 0.300. The third kappa shape index (κ3) is 3.24. The summed E-state index contributed by atoms with van der Waals surface area (Å²) in [5, 5.41) is 9.24. The summed E-state index contributed by atoms with van der Waals surface area (Å²) in [5.74, 6) is 0.300. The van der Waals surface area contributed by atoms with Crippen molar-refractivity contribution in [3.63, 3.8) is 0 Å². The summed E-state index contributed by atoms with van der Waals surface area (Å²) in [7, 11) is 0. The second kappa shape index (κ2) is 5.73. The molecule has 0 amide bonds. The average molecular weight is 272 g/mol. The maximum atomic E-state index is 8.78. The molecule has 2 rings (SSSR count). The highest BCUT2D eigenvalue weighted by molar-refractivity contribution is 6.29. The van der Waals surface area contributed by atoms with Crippen LogP contribution in [0.1, 0.15) is 29.5 Å². The highest BCUT2D eigenvalue weighted by Gasteiger charge is 2.10. The molecular formula is C15H14ClN3. The van der Waals surface area contributed by atoms with Crippen molar-refractivity contribution in [2.75, 3.05) is 5.73 Å². The topological polar surface area (TPSA) is 62.7 Å². The van der Waals surface area contributed by atoms with Crippen LogP contribution in [0, 0.1) is 11.3 Å². The highest BCUT2D eigenvalue weighted by atomic mass is 35.5. The van der Waals surface area contributed by atoms with E-state index in [1.807, 2.05) is 24.3 Å². The Bertz CT molecular complexity index is 614. The lowest BCUT2D eigenvalue weighted by Crippen LogP contribution is -2.02. The van der Waals surface area contributed by atoms with Gasteiger partial charge >= 0.3 is 0 Å². The molecule has 3 nitrogen and oxygen atoms in total. The molecule has 2 aromatic rings. The van der Waals surface area contributed by atoms with Gasteiger partial charge in [-0.15, -0.1) is 0 Å². The van der Waals surface area contributed by atoms with Crippen LogP contribution >= 0.6 is 11.6 Å². The molecule has 19 heavy (non-hydrogen) atoms. The number of hydrogen-bond donors (Lipinski definition) is 1. The van der Waals surface area contributed by atoms with E-state index in [0.717, 1.165) is 12.0 Å². The first kappa shape index (κ1) is 13.4. The molecule has 0 fully saturated rings. The minimum atomic E-state index is 0.300. The average Bonchev–Trinajstić information content (AvgIpc) is 2.43. The van der Waals surface area contributed by atoms with E-state index in [1.54, 1.807) is 12.3 Å². The minimum Gasteiger partial charge on any atom is -0.397 e. The molecule has 0 aliphatic carbocycles. The van der Waals surface area contributed by atoms with E-state index in [2.05, 4.69) is 18.0 Å². The molecule has 1 unspecified atom stereocenters. The van der Waals surface area contributed by atoms with Crippen molar-refractivity contribution in [1.82, 2.24) is 4.98 Å². The van der Waals surface area contributed by atoms with E-state index in [0.29, 0.717) is 22.3 Å². The Morgan fingerprint density at radius 3 is 2.68 bits per heavy atom. The zero-order valence-corrected chi connectivity index (χ0v) is 11.4. The quantitative estimate of drug-likeness (QED) is 0.869. The van der Waals surface area contributed by atoms with E-state index in [9.17, 15) is 0 Å². The number of rotatable bonds is 3. The van der Waals surface area contributed by atoms with Crippen molar-refractivity contribution in [3.8, 4) is 6.07 Å². The van der Waals surface area contributed by atoms with Gasteiger partial charge in [0, 0.05) is 0 Å². The summed E-state index contributed by atoms with van der Waals surface area (Å²) in [6, 6.07) is 11.5. The summed E-state index contributed by atoms with van der Waals surface area (Å²) in [4.78, 5) is 3.95. The normalized spacial score (nSPS) is 11.8. The van der Waals surface area contributed by atoms with Gasteiger partial charge in [0.15, 0.2) is 0 Å². The lowest BCUT2D eigenvalue weighted by molar-refractivity contribution is 0.759. The number of aromatic nitrogens is 1. The monoisotopic (exact) mass is 271 g/mol. The zero-order valence-electron chi connectivity index (χ0n) is 10.6. The molecule has 0 aliphatic heterocycles. The van der Waals surface area contributed by atoms with Crippen molar-refractivity contribution in [3.05, 3.63) is 58.4 Å². The van der Waals surface area contributed by atoms with Gasteiger partial charge in [0.05, 0.1) is 23.5 Å². The fraction of sp³-hybridized carbons (Fsp3) is 0.200. The van der Waals surface area contributed by atoms with Crippen LogP contribution in [-0.4, -0.2) is 4.98 Å². The van der Waals surface area contributed by atoms with Crippen LogP contribution in [-0.2, 0) is 6.42 Å². The van der Waals surface area contributed by atoms with Crippen molar-refractivity contribution in [2.45, 2.75) is 19.3 Å². The molecule has 1 aromatic carbocycles. The summed E-state index contributed by atoms with van der Waals surface area (Å²) in [6.07, 6.45) is 2.38. The maximum absolute atomic E-state index is 8.78. The molecule has 2 N–H and O–H groups in total. The van der Waals surface area contributed by atoms with E-state index in [-0.39, 0.29) is 0 Å². The molecule has 1 aromatic heterocycles. The molecular weight excluding hydrogens is 258 g/mol. The number of nitrogen functional groups attached to an aromatic ring is 1. The fourth-order valence-electron chi connectivity index (χ4n) is 1.99. The predicted molar refractivity (Wildman–Crippen MR) is 76.9 cm³/mol. The Morgan fingerprint density at radius 2 is 2.05 bits per heavy atom. The van der Waals surface area contributed by atoms with Gasteiger partial charge in [0.1, 0.15) is 5.15 Å². The first-order chi connectivity index (χ1) is 9.10. The molecule has 0 radical (unpaired) electrons. The largest absolute Gasteiger partial charge is 0.397 e. The Hall–Kier alpha value is -2.05. The molecule has 0 saturated carbocycles. The van der Waals surface area contributed by atoms with Gasteiger partial charge in [0.2, 0.25) is 0 Å². The van der Waals surface area contributed by atoms with Gasteiger partial charge in [-0.1, -0.05) is 30.7 Å². The number of hydrogen-bond acceptors (Lipinski definition) is 3. The van der Waals surface area contributed by atoms with Crippen molar-refractivity contribution in [2.24, 2.45) is 0 Å². The van der Waals surface area contributed by atoms with Crippen LogP contribution in [0.4, 0.5) is 5.69 Å². The van der Waals surface area contributed by atoms with Crippen LogP contribution < -0.4 is 5.73 Å². The number of nitriles is 1. The van der Waals surface area contributed by atoms with Gasteiger partial charge in [-0.25, -0.2) is 4.98 Å². The summed E-state index contributed by atoms with van der Waals surface area (Å²) >= 11 is 5.88. The lowest BCUT2D eigenvalue weighted by atomic mass is 9.93. The number of benzene rings is 1. The Morgan fingerprint density at radius 1 is 1.37 bits per heavy atom. The maximum Gasteiger partial charge on any atom is 0.129 e. The number of pyridine rings is 1. The van der Waals surface area contributed by atoms with Crippen LogP contribution in [0.3, 0.4) is 0 Å². The van der Waals surface area contributed by atoms with Gasteiger partial charge < -0.3 is 5.73 Å². The SMILES string of the molecule is CC(Cc1cc(Cl)ncc1N)c1ccc(C#N)cc1.